The molecule has 0 fully saturated rings. The van der Waals surface area contributed by atoms with Crippen LogP contribution < -0.4 is 0 Å². The molecule has 0 rings (SSSR count). The summed E-state index contributed by atoms with van der Waals surface area (Å²) >= 11 is 0. The lowest BCUT2D eigenvalue weighted by Crippen LogP contribution is -2.00. The van der Waals surface area contributed by atoms with E-state index in [9.17, 15) is 14.4 Å². The summed E-state index contributed by atoms with van der Waals surface area (Å²) in [6.07, 6.45) is 0.480. The predicted octanol–water partition coefficient (Wildman–Crippen LogP) is 1.71. The lowest BCUT2D eigenvalue weighted by Gasteiger charge is -1.93. The molecule has 128 valence electrons. The van der Waals surface area contributed by atoms with Crippen LogP contribution in [-0.4, -0.2) is 49.9 Å². The van der Waals surface area contributed by atoms with Crippen LogP contribution in [0.2, 0.25) is 0 Å². The highest BCUT2D eigenvalue weighted by Crippen LogP contribution is 1.80. The van der Waals surface area contributed by atoms with Crippen molar-refractivity contribution in [3.63, 3.8) is 0 Å². The highest BCUT2D eigenvalue weighted by Gasteiger charge is 1.91. The van der Waals surface area contributed by atoms with Crippen molar-refractivity contribution in [3.8, 4) is 0 Å². The van der Waals surface area contributed by atoms with E-state index >= 15 is 0 Å². The molecular formula is C14H30O7. The summed E-state index contributed by atoms with van der Waals surface area (Å²) in [5, 5.41) is 7.57. The van der Waals surface area contributed by atoms with Crippen molar-refractivity contribution >= 4 is 17.9 Å². The van der Waals surface area contributed by atoms with Crippen LogP contribution in [0.4, 0.5) is 0 Å². The van der Waals surface area contributed by atoms with Gasteiger partial charge in [0.25, 0.3) is 0 Å². The van der Waals surface area contributed by atoms with Gasteiger partial charge in [0.2, 0.25) is 0 Å². The summed E-state index contributed by atoms with van der Waals surface area (Å²) < 4.78 is 13.1. The Bertz CT molecular complexity index is 239. The number of rotatable bonds is 3. The molecule has 0 amide bonds. The number of carbonyl (C=O) groups is 3. The van der Waals surface area contributed by atoms with Crippen LogP contribution >= 0.6 is 0 Å². The van der Waals surface area contributed by atoms with Crippen LogP contribution in [0.3, 0.4) is 0 Å². The Morgan fingerprint density at radius 3 is 1.24 bits per heavy atom. The number of carbonyl (C=O) groups excluding carboxylic acids is 3. The van der Waals surface area contributed by atoms with Gasteiger partial charge >= 0.3 is 17.9 Å². The van der Waals surface area contributed by atoms with Gasteiger partial charge in [-0.05, 0) is 20.8 Å². The molecule has 21 heavy (non-hydrogen) atoms. The third kappa shape index (κ3) is 70.3. The minimum Gasteiger partial charge on any atom is -0.469 e. The molecule has 1 N–H and O–H groups in total. The van der Waals surface area contributed by atoms with Crippen LogP contribution in [0, 0.1) is 0 Å². The fourth-order valence-corrected chi connectivity index (χ4v) is 0.466. The summed E-state index contributed by atoms with van der Waals surface area (Å²) in [4.78, 5) is 29.6. The van der Waals surface area contributed by atoms with E-state index in [4.69, 9.17) is 5.11 Å². The number of aliphatic hydroxyl groups excluding tert-OH is 1. The highest BCUT2D eigenvalue weighted by atomic mass is 16.5. The summed E-state index contributed by atoms with van der Waals surface area (Å²) in [6, 6.07) is 0. The van der Waals surface area contributed by atoms with Crippen LogP contribution in [-0.2, 0) is 28.6 Å². The summed E-state index contributed by atoms with van der Waals surface area (Å²) in [6.45, 7) is 11.0. The van der Waals surface area contributed by atoms with E-state index in [0.717, 1.165) is 0 Å². The zero-order valence-electron chi connectivity index (χ0n) is 14.2. The van der Waals surface area contributed by atoms with Crippen molar-refractivity contribution in [1.29, 1.82) is 0 Å². The van der Waals surface area contributed by atoms with E-state index in [2.05, 4.69) is 14.2 Å². The number of hydrogen-bond donors (Lipinski definition) is 1. The monoisotopic (exact) mass is 310 g/mol. The second kappa shape index (κ2) is 26.8. The summed E-state index contributed by atoms with van der Waals surface area (Å²) in [5.74, 6) is -0.579. The SMILES string of the molecule is CCO.CCOC(=O)CC.CCOC(C)=O.COC(C)=O. The first kappa shape index (κ1) is 27.7. The van der Waals surface area contributed by atoms with Crippen molar-refractivity contribution in [3.05, 3.63) is 0 Å². The van der Waals surface area contributed by atoms with Crippen molar-refractivity contribution < 1.29 is 33.7 Å². The number of methoxy groups -OCH3 is 1. The van der Waals surface area contributed by atoms with Crippen LogP contribution in [0.15, 0.2) is 0 Å². The zero-order valence-corrected chi connectivity index (χ0v) is 14.2. The molecule has 7 nitrogen and oxygen atoms in total. The first-order valence-corrected chi connectivity index (χ1v) is 6.71. The standard InChI is InChI=1S/C5H10O2.C4H8O2.C3H6O2.C2H6O/c1-3-5(6)7-4-2;1-3-6-4(2)5;1-3(4)5-2;1-2-3/h3-4H2,1-2H3;3H2,1-2H3;1-2H3;3H,2H2,1H3. The Labute approximate surface area is 127 Å². The smallest absolute Gasteiger partial charge is 0.305 e. The molecule has 0 heterocycles. The maximum atomic E-state index is 10.2. The fraction of sp³-hybridized carbons (Fsp3) is 0.786. The Kier molecular flexibility index (Phi) is 35.4. The first-order chi connectivity index (χ1) is 9.76. The molecule has 0 aliphatic rings. The van der Waals surface area contributed by atoms with Crippen LogP contribution in [0.25, 0.3) is 0 Å². The van der Waals surface area contributed by atoms with Crippen molar-refractivity contribution in [2.24, 2.45) is 0 Å². The van der Waals surface area contributed by atoms with E-state index < -0.39 is 0 Å². The minimum atomic E-state index is -0.245. The maximum absolute atomic E-state index is 10.2. The number of aliphatic hydroxyl groups is 1. The van der Waals surface area contributed by atoms with E-state index in [1.807, 2.05) is 0 Å². The molecule has 0 atom stereocenters. The Balaban J connectivity index is -0.0000000955. The molecule has 0 saturated carbocycles. The minimum absolute atomic E-state index is 0.123. The van der Waals surface area contributed by atoms with Crippen molar-refractivity contribution in [1.82, 2.24) is 0 Å². The van der Waals surface area contributed by atoms with Gasteiger partial charge in [-0.25, -0.2) is 0 Å². The molecule has 0 aromatic rings. The Morgan fingerprint density at radius 2 is 1.19 bits per heavy atom. The summed E-state index contributed by atoms with van der Waals surface area (Å²) in [5.41, 5.74) is 0. The summed E-state index contributed by atoms with van der Waals surface area (Å²) in [7, 11) is 1.35. The maximum Gasteiger partial charge on any atom is 0.305 e. The van der Waals surface area contributed by atoms with Gasteiger partial charge in [0.1, 0.15) is 0 Å². The van der Waals surface area contributed by atoms with Gasteiger partial charge in [0.05, 0.1) is 20.3 Å². The van der Waals surface area contributed by atoms with Crippen LogP contribution in [0.1, 0.15) is 48.0 Å². The van der Waals surface area contributed by atoms with Crippen molar-refractivity contribution in [2.75, 3.05) is 26.9 Å². The van der Waals surface area contributed by atoms with Gasteiger partial charge in [-0.3, -0.25) is 14.4 Å². The zero-order chi connectivity index (χ0) is 17.7. The van der Waals surface area contributed by atoms with E-state index in [-0.39, 0.29) is 24.5 Å². The average Bonchev–Trinajstić information content (AvgIpc) is 2.41. The molecule has 0 aliphatic carbocycles. The Hall–Kier alpha value is -1.63. The van der Waals surface area contributed by atoms with Gasteiger partial charge in [-0.15, -0.1) is 0 Å². The lowest BCUT2D eigenvalue weighted by molar-refractivity contribution is -0.143. The molecule has 0 radical (unpaired) electrons. The third-order valence-electron chi connectivity index (χ3n) is 1.23. The average molecular weight is 310 g/mol. The van der Waals surface area contributed by atoms with Crippen molar-refractivity contribution in [2.45, 2.75) is 48.0 Å². The molecule has 0 bridgehead atoms. The lowest BCUT2D eigenvalue weighted by atomic mass is 10.5. The molecule has 0 unspecified atom stereocenters. The second-order valence-electron chi connectivity index (χ2n) is 3.10. The number of esters is 3. The Morgan fingerprint density at radius 1 is 0.857 bits per heavy atom. The van der Waals surface area contributed by atoms with Gasteiger partial charge in [-0.1, -0.05) is 6.92 Å². The molecular weight excluding hydrogens is 280 g/mol. The largest absolute Gasteiger partial charge is 0.469 e. The normalized spacial score (nSPS) is 7.43. The van der Waals surface area contributed by atoms with Gasteiger partial charge < -0.3 is 19.3 Å². The molecule has 0 spiro atoms. The number of hydrogen-bond acceptors (Lipinski definition) is 7. The molecule has 0 saturated heterocycles. The van der Waals surface area contributed by atoms with Crippen LogP contribution in [0.5, 0.6) is 0 Å². The van der Waals surface area contributed by atoms with Gasteiger partial charge in [0, 0.05) is 26.9 Å². The fourth-order valence-electron chi connectivity index (χ4n) is 0.466. The third-order valence-corrected chi connectivity index (χ3v) is 1.23. The van der Waals surface area contributed by atoms with Gasteiger partial charge in [-0.2, -0.15) is 0 Å². The quantitative estimate of drug-likeness (QED) is 0.625. The predicted molar refractivity (Wildman–Crippen MR) is 79.7 cm³/mol. The first-order valence-electron chi connectivity index (χ1n) is 6.71. The van der Waals surface area contributed by atoms with E-state index in [0.29, 0.717) is 19.6 Å². The van der Waals surface area contributed by atoms with E-state index in [1.165, 1.54) is 21.0 Å². The van der Waals surface area contributed by atoms with E-state index in [1.54, 1.807) is 27.7 Å². The highest BCUT2D eigenvalue weighted by molar-refractivity contribution is 5.68. The molecule has 0 aromatic heterocycles. The molecule has 0 aromatic carbocycles. The molecule has 7 heteroatoms. The second-order valence-corrected chi connectivity index (χ2v) is 3.10. The van der Waals surface area contributed by atoms with Gasteiger partial charge in [0.15, 0.2) is 0 Å². The molecule has 0 aliphatic heterocycles. The number of ether oxygens (including phenoxy) is 3. The topological polar surface area (TPSA) is 99.1 Å².